The normalized spacial score (nSPS) is 13.0. The Bertz CT molecular complexity index is 823. The van der Waals surface area contributed by atoms with Crippen LogP contribution in [0.3, 0.4) is 0 Å². The number of carboxylic acids is 1. The van der Waals surface area contributed by atoms with Gasteiger partial charge >= 0.3 is 5.97 Å². The van der Waals surface area contributed by atoms with E-state index in [9.17, 15) is 20.4 Å². The predicted molar refractivity (Wildman–Crippen MR) is 95.3 cm³/mol. The van der Waals surface area contributed by atoms with E-state index in [2.05, 4.69) is 11.1 Å². The Balaban J connectivity index is 2.47. The van der Waals surface area contributed by atoms with Crippen LogP contribution >= 0.6 is 0 Å². The average Bonchev–Trinajstić information content (AvgIpc) is 2.91. The number of imidazole rings is 1. The number of nitrogens with zero attached hydrogens (tertiary/aromatic N) is 3. The van der Waals surface area contributed by atoms with Gasteiger partial charge in [0, 0.05) is 0 Å². The number of para-hydroxylation sites is 1. The van der Waals surface area contributed by atoms with Crippen molar-refractivity contribution in [2.75, 3.05) is 0 Å². The Hall–Kier alpha value is -3.01. The summed E-state index contributed by atoms with van der Waals surface area (Å²) in [6, 6.07) is 9.25. The second-order valence-electron chi connectivity index (χ2n) is 6.07. The molecule has 7 heteroatoms. The fourth-order valence-electron chi connectivity index (χ4n) is 2.92. The summed E-state index contributed by atoms with van der Waals surface area (Å²) in [6.45, 7) is 5.48. The maximum absolute atomic E-state index is 11.3. The zero-order valence-corrected chi connectivity index (χ0v) is 15.1. The van der Waals surface area contributed by atoms with E-state index in [1.165, 1.54) is 6.92 Å². The topological polar surface area (TPSA) is 108 Å². The van der Waals surface area contributed by atoms with Crippen molar-refractivity contribution in [1.29, 1.82) is 5.26 Å². The summed E-state index contributed by atoms with van der Waals surface area (Å²) >= 11 is 0. The summed E-state index contributed by atoms with van der Waals surface area (Å²) in [5, 5.41) is 28.9. The lowest BCUT2D eigenvalue weighted by Crippen LogP contribution is -2.26. The molecule has 26 heavy (non-hydrogen) atoms. The van der Waals surface area contributed by atoms with Crippen LogP contribution in [-0.4, -0.2) is 32.1 Å². The number of ether oxygens (including phenoxy) is 1. The molecule has 0 aliphatic rings. The average molecular weight is 357 g/mol. The van der Waals surface area contributed by atoms with Gasteiger partial charge in [-0.05, 0) is 31.9 Å². The molecule has 138 valence electrons. The Morgan fingerprint density at radius 1 is 1.38 bits per heavy atom. The fourth-order valence-corrected chi connectivity index (χ4v) is 2.92. The van der Waals surface area contributed by atoms with Crippen LogP contribution in [0.2, 0.25) is 0 Å². The number of carboxylic acid groups (broad SMARTS) is 1. The number of aryl methyl sites for hydroxylation is 1. The smallest absolute Gasteiger partial charge is 0.357 e. The van der Waals surface area contributed by atoms with E-state index < -0.39 is 5.97 Å². The fraction of sp³-hybridized carbons (Fsp3) is 0.421. The number of nitriles is 1. The van der Waals surface area contributed by atoms with Crippen molar-refractivity contribution in [2.24, 2.45) is 5.92 Å². The first-order valence-electron chi connectivity index (χ1n) is 8.62. The Labute approximate surface area is 152 Å². The number of hydrogen-bond donors (Lipinski definition) is 2. The van der Waals surface area contributed by atoms with E-state index in [1.54, 1.807) is 24.3 Å². The largest absolute Gasteiger partial charge is 0.488 e. The van der Waals surface area contributed by atoms with E-state index in [4.69, 9.17) is 4.74 Å². The third-order valence-corrected chi connectivity index (χ3v) is 4.27. The first-order valence-corrected chi connectivity index (χ1v) is 8.62. The molecule has 0 saturated heterocycles. The predicted octanol–water partition coefficient (Wildman–Crippen LogP) is 3.89. The van der Waals surface area contributed by atoms with Gasteiger partial charge < -0.3 is 15.1 Å². The molecule has 0 aliphatic carbocycles. The first-order chi connectivity index (χ1) is 12.4. The molecule has 0 amide bonds. The van der Waals surface area contributed by atoms with Crippen molar-refractivity contribution in [3.8, 4) is 23.2 Å². The summed E-state index contributed by atoms with van der Waals surface area (Å²) in [5.41, 5.74) is 0.390. The van der Waals surface area contributed by atoms with Crippen molar-refractivity contribution in [3.63, 3.8) is 0 Å². The van der Waals surface area contributed by atoms with Crippen LogP contribution in [0, 0.1) is 24.2 Å². The van der Waals surface area contributed by atoms with Crippen molar-refractivity contribution in [2.45, 2.75) is 46.1 Å². The van der Waals surface area contributed by atoms with Gasteiger partial charge in [-0.25, -0.2) is 9.78 Å². The Morgan fingerprint density at radius 2 is 2.08 bits per heavy atom. The standard InChI is InChI=1S/C19H23N3O4/c1-4-8-15(13(5-2)11-20)26-16-10-7-6-9-14(16)18-21-12(3)17(19(23)24)22(18)25/h6-7,9-10,13,15,25H,4-5,8H2,1-3H3,(H,23,24). The summed E-state index contributed by atoms with van der Waals surface area (Å²) < 4.78 is 6.68. The van der Waals surface area contributed by atoms with E-state index in [1.807, 2.05) is 13.8 Å². The molecule has 0 bridgehead atoms. The first kappa shape index (κ1) is 19.3. The molecule has 1 aromatic heterocycles. The highest BCUT2D eigenvalue weighted by atomic mass is 16.5. The van der Waals surface area contributed by atoms with Gasteiger partial charge in [-0.1, -0.05) is 32.4 Å². The minimum atomic E-state index is -1.26. The number of aromatic nitrogens is 2. The quantitative estimate of drug-likeness (QED) is 0.694. The third kappa shape index (κ3) is 3.80. The molecule has 2 N–H and O–H groups in total. The van der Waals surface area contributed by atoms with Crippen LogP contribution in [0.1, 0.15) is 49.3 Å². The lowest BCUT2D eigenvalue weighted by atomic mass is 9.97. The van der Waals surface area contributed by atoms with Crippen LogP contribution < -0.4 is 4.74 Å². The molecular formula is C19H23N3O4. The third-order valence-electron chi connectivity index (χ3n) is 4.27. The summed E-state index contributed by atoms with van der Waals surface area (Å²) in [6.07, 6.45) is 1.95. The lowest BCUT2D eigenvalue weighted by Gasteiger charge is -2.23. The van der Waals surface area contributed by atoms with Crippen molar-refractivity contribution in [3.05, 3.63) is 35.7 Å². The molecule has 0 aliphatic heterocycles. The van der Waals surface area contributed by atoms with Crippen molar-refractivity contribution >= 4 is 5.97 Å². The van der Waals surface area contributed by atoms with Gasteiger partial charge in [0.2, 0.25) is 0 Å². The maximum Gasteiger partial charge on any atom is 0.357 e. The van der Waals surface area contributed by atoms with Crippen LogP contribution in [0.5, 0.6) is 5.75 Å². The second-order valence-corrected chi connectivity index (χ2v) is 6.07. The molecule has 0 radical (unpaired) electrons. The SMILES string of the molecule is CCCC(Oc1ccccc1-c1nc(C)c(C(=O)O)n1O)C(C#N)CC. The lowest BCUT2D eigenvalue weighted by molar-refractivity contribution is 0.0645. The molecule has 0 fully saturated rings. The van der Waals surface area contributed by atoms with Crippen LogP contribution in [0.4, 0.5) is 0 Å². The molecule has 0 spiro atoms. The molecule has 7 nitrogen and oxygen atoms in total. The van der Waals surface area contributed by atoms with Gasteiger partial charge in [-0.15, -0.1) is 0 Å². The Kier molecular flexibility index (Phi) is 6.23. The molecule has 1 heterocycles. The highest BCUT2D eigenvalue weighted by molar-refractivity contribution is 5.88. The number of benzene rings is 1. The molecule has 2 atom stereocenters. The van der Waals surface area contributed by atoms with Crippen molar-refractivity contribution < 1.29 is 19.8 Å². The summed E-state index contributed by atoms with van der Waals surface area (Å²) in [5.74, 6) is -0.970. The summed E-state index contributed by atoms with van der Waals surface area (Å²) in [4.78, 5) is 15.5. The summed E-state index contributed by atoms with van der Waals surface area (Å²) in [7, 11) is 0. The minimum absolute atomic E-state index is 0.0933. The number of rotatable bonds is 8. The van der Waals surface area contributed by atoms with E-state index in [-0.39, 0.29) is 29.2 Å². The van der Waals surface area contributed by atoms with E-state index >= 15 is 0 Å². The number of hydrogen-bond acceptors (Lipinski definition) is 5. The number of aromatic carboxylic acids is 1. The highest BCUT2D eigenvalue weighted by Gasteiger charge is 2.25. The van der Waals surface area contributed by atoms with Crippen LogP contribution in [-0.2, 0) is 0 Å². The van der Waals surface area contributed by atoms with Crippen molar-refractivity contribution in [1.82, 2.24) is 9.71 Å². The van der Waals surface area contributed by atoms with Gasteiger partial charge in [0.15, 0.2) is 11.5 Å². The highest BCUT2D eigenvalue weighted by Crippen LogP contribution is 2.32. The molecule has 2 aromatic rings. The van der Waals surface area contributed by atoms with Gasteiger partial charge in [-0.3, -0.25) is 0 Å². The monoisotopic (exact) mass is 357 g/mol. The molecule has 2 unspecified atom stereocenters. The van der Waals surface area contributed by atoms with Gasteiger partial charge in [0.25, 0.3) is 0 Å². The molecule has 2 rings (SSSR count). The van der Waals surface area contributed by atoms with E-state index in [0.29, 0.717) is 28.9 Å². The molecule has 0 saturated carbocycles. The minimum Gasteiger partial charge on any atom is -0.488 e. The zero-order chi connectivity index (χ0) is 19.3. The second kappa shape index (κ2) is 8.39. The van der Waals surface area contributed by atoms with Crippen LogP contribution in [0.15, 0.2) is 24.3 Å². The molecule has 1 aromatic carbocycles. The molecular weight excluding hydrogens is 334 g/mol. The van der Waals surface area contributed by atoms with Gasteiger partial charge in [0.1, 0.15) is 11.9 Å². The van der Waals surface area contributed by atoms with Gasteiger partial charge in [0.05, 0.1) is 23.2 Å². The maximum atomic E-state index is 11.3. The van der Waals surface area contributed by atoms with E-state index in [0.717, 1.165) is 6.42 Å². The van der Waals surface area contributed by atoms with Crippen LogP contribution in [0.25, 0.3) is 11.4 Å². The number of carbonyl (C=O) groups is 1. The zero-order valence-electron chi connectivity index (χ0n) is 15.1. The van der Waals surface area contributed by atoms with Gasteiger partial charge in [-0.2, -0.15) is 9.99 Å². The Morgan fingerprint density at radius 3 is 2.62 bits per heavy atom.